The van der Waals surface area contributed by atoms with Gasteiger partial charge in [-0.2, -0.15) is 13.2 Å². The first-order valence-electron chi connectivity index (χ1n) is 9.24. The standard InChI is InChI=1S/C21H22F3N3O2/c1-29-12-16(14-5-3-2-4-6-14)8-18(28)9-17-7-15-10-26-20(19(15)11-25-17)27-13-21(22,23)24/h2-7,11,16H,8-10,12-13H2,1H3,(H,26,27)/t16-/m1/s1. The highest BCUT2D eigenvalue weighted by Gasteiger charge is 2.29. The number of pyridine rings is 1. The maximum absolute atomic E-state index is 12.6. The molecule has 1 atom stereocenters. The van der Waals surface area contributed by atoms with Crippen LogP contribution in [0.25, 0.3) is 0 Å². The summed E-state index contributed by atoms with van der Waals surface area (Å²) in [7, 11) is 1.60. The average molecular weight is 405 g/mol. The van der Waals surface area contributed by atoms with E-state index in [1.54, 1.807) is 13.2 Å². The van der Waals surface area contributed by atoms with E-state index in [9.17, 15) is 18.0 Å². The number of methoxy groups -OCH3 is 1. The van der Waals surface area contributed by atoms with Crippen molar-refractivity contribution in [2.75, 3.05) is 20.3 Å². The lowest BCUT2D eigenvalue weighted by Crippen LogP contribution is -2.33. The summed E-state index contributed by atoms with van der Waals surface area (Å²) in [6.45, 7) is -0.434. The first kappa shape index (κ1) is 21.0. The molecule has 2 heterocycles. The molecule has 8 heteroatoms. The van der Waals surface area contributed by atoms with Gasteiger partial charge in [0.1, 0.15) is 18.2 Å². The Morgan fingerprint density at radius 3 is 2.72 bits per heavy atom. The molecular weight excluding hydrogens is 383 g/mol. The first-order chi connectivity index (χ1) is 13.9. The number of hydrogen-bond acceptors (Lipinski definition) is 5. The van der Waals surface area contributed by atoms with Crippen molar-refractivity contribution >= 4 is 11.6 Å². The van der Waals surface area contributed by atoms with Crippen LogP contribution in [-0.4, -0.2) is 43.0 Å². The first-order valence-corrected chi connectivity index (χ1v) is 9.24. The number of hydrogen-bond donors (Lipinski definition) is 1. The number of ketones is 1. The molecule has 1 aromatic carbocycles. The van der Waals surface area contributed by atoms with Gasteiger partial charge in [-0.25, -0.2) is 0 Å². The van der Waals surface area contributed by atoms with E-state index in [2.05, 4.69) is 15.3 Å². The van der Waals surface area contributed by atoms with Crippen LogP contribution in [-0.2, 0) is 22.5 Å². The van der Waals surface area contributed by atoms with E-state index < -0.39 is 12.7 Å². The molecule has 0 spiro atoms. The third-order valence-corrected chi connectivity index (χ3v) is 4.66. The number of aliphatic imine (C=N–C) groups is 1. The van der Waals surface area contributed by atoms with Gasteiger partial charge in [0.25, 0.3) is 0 Å². The molecule has 0 amide bonds. The van der Waals surface area contributed by atoms with Gasteiger partial charge < -0.3 is 10.1 Å². The van der Waals surface area contributed by atoms with Crippen molar-refractivity contribution in [2.45, 2.75) is 31.5 Å². The molecule has 154 valence electrons. The van der Waals surface area contributed by atoms with Crippen molar-refractivity contribution in [3.63, 3.8) is 0 Å². The van der Waals surface area contributed by atoms with Gasteiger partial charge in [0.2, 0.25) is 0 Å². The fourth-order valence-electron chi connectivity index (χ4n) is 3.32. The van der Waals surface area contributed by atoms with Crippen molar-refractivity contribution in [2.24, 2.45) is 4.99 Å². The Bertz CT molecular complexity index is 882. The number of ether oxygens (including phenoxy) is 1. The average Bonchev–Trinajstić information content (AvgIpc) is 3.08. The number of carbonyl (C=O) groups excluding carboxylic acids is 1. The number of carbonyl (C=O) groups is 1. The number of rotatable bonds is 8. The van der Waals surface area contributed by atoms with Crippen LogP contribution >= 0.6 is 0 Å². The molecule has 0 aliphatic carbocycles. The molecule has 1 N–H and O–H groups in total. The monoisotopic (exact) mass is 405 g/mol. The van der Waals surface area contributed by atoms with Crippen LogP contribution in [0, 0.1) is 0 Å². The van der Waals surface area contributed by atoms with Crippen molar-refractivity contribution in [1.82, 2.24) is 10.3 Å². The highest BCUT2D eigenvalue weighted by atomic mass is 19.4. The lowest BCUT2D eigenvalue weighted by molar-refractivity contribution is -0.122. The Morgan fingerprint density at radius 2 is 2.03 bits per heavy atom. The molecule has 0 saturated carbocycles. The minimum atomic E-state index is -4.32. The SMILES string of the molecule is COC[C@@H](CC(=O)Cc1cc2c(cn1)C(NCC(F)(F)F)=NC2)c1ccccc1. The fourth-order valence-corrected chi connectivity index (χ4v) is 3.32. The molecule has 1 aromatic heterocycles. The summed E-state index contributed by atoms with van der Waals surface area (Å²) in [5, 5.41) is 2.30. The van der Waals surface area contributed by atoms with Crippen LogP contribution in [0.3, 0.4) is 0 Å². The Balaban J connectivity index is 1.62. The van der Waals surface area contributed by atoms with Gasteiger partial charge in [-0.05, 0) is 17.2 Å². The summed E-state index contributed by atoms with van der Waals surface area (Å²) in [5.41, 5.74) is 2.94. The molecule has 0 saturated heterocycles. The minimum Gasteiger partial charge on any atom is -0.384 e. The molecule has 5 nitrogen and oxygen atoms in total. The second kappa shape index (κ2) is 9.17. The number of nitrogens with zero attached hydrogens (tertiary/aromatic N) is 2. The number of alkyl halides is 3. The van der Waals surface area contributed by atoms with Crippen molar-refractivity contribution in [3.05, 3.63) is 65.0 Å². The second-order valence-electron chi connectivity index (χ2n) is 6.95. The highest BCUT2D eigenvalue weighted by molar-refractivity contribution is 6.01. The van der Waals surface area contributed by atoms with Crippen LogP contribution in [0.5, 0.6) is 0 Å². The van der Waals surface area contributed by atoms with E-state index in [-0.39, 0.29) is 30.5 Å². The normalized spacial score (nSPS) is 14.3. The summed E-state index contributed by atoms with van der Waals surface area (Å²) < 4.78 is 42.4. The van der Waals surface area contributed by atoms with E-state index in [4.69, 9.17) is 4.74 Å². The zero-order valence-corrected chi connectivity index (χ0v) is 16.0. The number of Topliss-reactive ketones (excluding diaryl/α,β-unsaturated/α-hetero) is 1. The summed E-state index contributed by atoms with van der Waals surface area (Å²) >= 11 is 0. The van der Waals surface area contributed by atoms with Crippen LogP contribution in [0.4, 0.5) is 13.2 Å². The molecule has 0 radical (unpaired) electrons. The van der Waals surface area contributed by atoms with Gasteiger partial charge in [-0.15, -0.1) is 0 Å². The van der Waals surface area contributed by atoms with E-state index in [0.29, 0.717) is 24.3 Å². The summed E-state index contributed by atoms with van der Waals surface area (Å²) in [4.78, 5) is 20.9. The summed E-state index contributed by atoms with van der Waals surface area (Å²) in [5.74, 6) is 0.175. The quantitative estimate of drug-likeness (QED) is 0.731. The number of nitrogens with one attached hydrogen (secondary N) is 1. The van der Waals surface area contributed by atoms with Crippen molar-refractivity contribution < 1.29 is 22.7 Å². The van der Waals surface area contributed by atoms with Gasteiger partial charge in [0.05, 0.1) is 13.2 Å². The molecule has 1 aliphatic heterocycles. The molecule has 29 heavy (non-hydrogen) atoms. The van der Waals surface area contributed by atoms with Gasteiger partial charge in [0, 0.05) is 43.3 Å². The fraction of sp³-hybridized carbons (Fsp3) is 0.381. The zero-order valence-electron chi connectivity index (χ0n) is 16.0. The Hall–Kier alpha value is -2.74. The number of halogens is 3. The number of amidine groups is 1. The molecule has 0 fully saturated rings. The number of aromatic nitrogens is 1. The molecular formula is C21H22F3N3O2. The molecule has 0 unspecified atom stereocenters. The smallest absolute Gasteiger partial charge is 0.384 e. The van der Waals surface area contributed by atoms with Gasteiger partial charge in [0.15, 0.2) is 0 Å². The third kappa shape index (κ3) is 5.87. The van der Waals surface area contributed by atoms with Crippen LogP contribution < -0.4 is 5.32 Å². The Labute approximate surface area is 167 Å². The van der Waals surface area contributed by atoms with Gasteiger partial charge >= 0.3 is 6.18 Å². The minimum absolute atomic E-state index is 0.0256. The molecule has 2 aromatic rings. The second-order valence-corrected chi connectivity index (χ2v) is 6.95. The predicted octanol–water partition coefficient (Wildman–Crippen LogP) is 3.43. The Kier molecular flexibility index (Phi) is 6.64. The maximum Gasteiger partial charge on any atom is 0.405 e. The van der Waals surface area contributed by atoms with Crippen molar-refractivity contribution in [1.29, 1.82) is 0 Å². The molecule has 3 rings (SSSR count). The predicted molar refractivity (Wildman–Crippen MR) is 103 cm³/mol. The van der Waals surface area contributed by atoms with E-state index >= 15 is 0 Å². The Morgan fingerprint density at radius 1 is 1.28 bits per heavy atom. The van der Waals surface area contributed by atoms with Gasteiger partial charge in [-0.1, -0.05) is 30.3 Å². The summed E-state index contributed by atoms with van der Waals surface area (Å²) in [6, 6.07) is 11.5. The molecule has 0 bridgehead atoms. The maximum atomic E-state index is 12.6. The topological polar surface area (TPSA) is 63.6 Å². The largest absolute Gasteiger partial charge is 0.405 e. The third-order valence-electron chi connectivity index (χ3n) is 4.66. The number of fused-ring (bicyclic) bond motifs is 1. The molecule has 1 aliphatic rings. The number of benzene rings is 1. The highest BCUT2D eigenvalue weighted by Crippen LogP contribution is 2.23. The van der Waals surface area contributed by atoms with Gasteiger partial charge in [-0.3, -0.25) is 14.8 Å². The van der Waals surface area contributed by atoms with E-state index in [1.807, 2.05) is 30.3 Å². The van der Waals surface area contributed by atoms with E-state index in [0.717, 1.165) is 11.1 Å². The van der Waals surface area contributed by atoms with E-state index in [1.165, 1.54) is 6.20 Å². The van der Waals surface area contributed by atoms with Crippen LogP contribution in [0.15, 0.2) is 47.6 Å². The summed E-state index contributed by atoms with van der Waals surface area (Å²) in [6.07, 6.45) is -2.35. The van der Waals surface area contributed by atoms with Crippen LogP contribution in [0.1, 0.15) is 34.7 Å². The lowest BCUT2D eigenvalue weighted by atomic mass is 9.93. The zero-order chi connectivity index (χ0) is 20.9. The lowest BCUT2D eigenvalue weighted by Gasteiger charge is -2.16. The van der Waals surface area contributed by atoms with Crippen molar-refractivity contribution in [3.8, 4) is 0 Å². The van der Waals surface area contributed by atoms with Crippen LogP contribution in [0.2, 0.25) is 0 Å².